The molecule has 1 amide bonds. The van der Waals surface area contributed by atoms with E-state index < -0.39 is 11.6 Å². The van der Waals surface area contributed by atoms with Gasteiger partial charge in [0.05, 0.1) is 49.6 Å². The highest BCUT2D eigenvalue weighted by Gasteiger charge is 2.47. The van der Waals surface area contributed by atoms with Crippen LogP contribution in [0.5, 0.6) is 0 Å². The Kier molecular flexibility index (Phi) is 7.91. The SMILES string of the molecule is N#C[C@@H](Cc1ccc(-c2ccc(C3(N4CCN(C5COC5)CC4)COC3)cc2)cc1)NC(=O)C1(N)CCOCC1. The molecule has 4 aliphatic heterocycles. The molecule has 0 saturated carbocycles. The molecular weight excluding hydrogens is 506 g/mol. The van der Waals surface area contributed by atoms with Crippen LogP contribution in [0.25, 0.3) is 11.1 Å². The molecule has 0 radical (unpaired) electrons. The van der Waals surface area contributed by atoms with Crippen molar-refractivity contribution in [2.75, 3.05) is 65.8 Å². The Morgan fingerprint density at radius 2 is 1.57 bits per heavy atom. The van der Waals surface area contributed by atoms with E-state index in [1.165, 1.54) is 5.56 Å². The number of nitrogens with zero attached hydrogens (tertiary/aromatic N) is 3. The maximum absolute atomic E-state index is 12.7. The van der Waals surface area contributed by atoms with Gasteiger partial charge in [0, 0.05) is 45.8 Å². The molecule has 4 aliphatic rings. The van der Waals surface area contributed by atoms with E-state index in [-0.39, 0.29) is 11.4 Å². The molecule has 2 aromatic rings. The number of carbonyl (C=O) groups excluding carboxylic acids is 1. The van der Waals surface area contributed by atoms with Gasteiger partial charge in [0.25, 0.3) is 0 Å². The number of nitriles is 1. The van der Waals surface area contributed by atoms with Crippen LogP contribution in [0, 0.1) is 11.3 Å². The van der Waals surface area contributed by atoms with Crippen molar-refractivity contribution in [1.29, 1.82) is 5.26 Å². The first kappa shape index (κ1) is 27.3. The van der Waals surface area contributed by atoms with Crippen molar-refractivity contribution in [3.8, 4) is 17.2 Å². The van der Waals surface area contributed by atoms with E-state index in [9.17, 15) is 10.1 Å². The summed E-state index contributed by atoms with van der Waals surface area (Å²) in [5.41, 5.74) is 9.85. The first-order valence-corrected chi connectivity index (χ1v) is 14.4. The molecule has 2 aromatic carbocycles. The van der Waals surface area contributed by atoms with Crippen LogP contribution in [-0.4, -0.2) is 99.1 Å². The number of nitrogens with two attached hydrogens (primary N) is 1. The summed E-state index contributed by atoms with van der Waals surface area (Å²) in [5, 5.41) is 12.5. The first-order chi connectivity index (χ1) is 19.5. The molecule has 212 valence electrons. The predicted octanol–water partition coefficient (Wildman–Crippen LogP) is 1.65. The lowest BCUT2D eigenvalue weighted by atomic mass is 9.84. The van der Waals surface area contributed by atoms with Gasteiger partial charge in [0.1, 0.15) is 6.04 Å². The smallest absolute Gasteiger partial charge is 0.241 e. The van der Waals surface area contributed by atoms with Gasteiger partial charge in [0.15, 0.2) is 0 Å². The summed E-state index contributed by atoms with van der Waals surface area (Å²) in [6.45, 7) is 8.41. The fraction of sp³-hybridized carbons (Fsp3) is 0.548. The molecule has 9 nitrogen and oxygen atoms in total. The normalized spacial score (nSPS) is 23.8. The van der Waals surface area contributed by atoms with Crippen LogP contribution < -0.4 is 11.1 Å². The number of hydrogen-bond donors (Lipinski definition) is 2. The van der Waals surface area contributed by atoms with E-state index in [1.807, 2.05) is 12.1 Å². The molecule has 0 unspecified atom stereocenters. The van der Waals surface area contributed by atoms with Crippen molar-refractivity contribution in [1.82, 2.24) is 15.1 Å². The van der Waals surface area contributed by atoms with Crippen molar-refractivity contribution < 1.29 is 19.0 Å². The summed E-state index contributed by atoms with van der Waals surface area (Å²) in [4.78, 5) is 17.9. The third-order valence-corrected chi connectivity index (χ3v) is 9.19. The Bertz CT molecular complexity index is 1210. The van der Waals surface area contributed by atoms with Crippen molar-refractivity contribution in [2.24, 2.45) is 5.73 Å². The molecule has 0 spiro atoms. The molecule has 4 heterocycles. The highest BCUT2D eigenvalue weighted by atomic mass is 16.5. The molecule has 6 rings (SSSR count). The van der Waals surface area contributed by atoms with Crippen molar-refractivity contribution in [3.63, 3.8) is 0 Å². The van der Waals surface area contributed by atoms with E-state index in [1.54, 1.807) is 0 Å². The predicted molar refractivity (Wildman–Crippen MR) is 150 cm³/mol. The van der Waals surface area contributed by atoms with Crippen LogP contribution in [0.15, 0.2) is 48.5 Å². The lowest BCUT2D eigenvalue weighted by Gasteiger charge is -2.53. The monoisotopic (exact) mass is 545 g/mol. The third kappa shape index (κ3) is 5.40. The van der Waals surface area contributed by atoms with Gasteiger partial charge in [-0.25, -0.2) is 0 Å². The topological polar surface area (TPSA) is 113 Å². The minimum Gasteiger partial charge on any atom is -0.381 e. The molecule has 0 bridgehead atoms. The first-order valence-electron chi connectivity index (χ1n) is 14.4. The number of rotatable bonds is 8. The summed E-state index contributed by atoms with van der Waals surface area (Å²) < 4.78 is 16.5. The second-order valence-corrected chi connectivity index (χ2v) is 11.6. The van der Waals surface area contributed by atoms with Crippen LogP contribution >= 0.6 is 0 Å². The van der Waals surface area contributed by atoms with E-state index in [0.29, 0.717) is 38.5 Å². The second-order valence-electron chi connectivity index (χ2n) is 11.6. The van der Waals surface area contributed by atoms with Gasteiger partial charge in [-0.3, -0.25) is 14.6 Å². The highest BCUT2D eigenvalue weighted by molar-refractivity contribution is 5.86. The van der Waals surface area contributed by atoms with Crippen LogP contribution in [-0.2, 0) is 31.0 Å². The number of hydrogen-bond acceptors (Lipinski definition) is 8. The average Bonchev–Trinajstić information content (AvgIpc) is 2.93. The minimum absolute atomic E-state index is 0.0336. The van der Waals surface area contributed by atoms with E-state index in [2.05, 4.69) is 57.6 Å². The maximum atomic E-state index is 12.7. The molecule has 0 aliphatic carbocycles. The average molecular weight is 546 g/mol. The Morgan fingerprint density at radius 3 is 2.10 bits per heavy atom. The standard InChI is InChI=1S/C31H39N5O4/c32-18-27(34-29(37)30(33)9-15-38-16-10-30)17-23-1-3-24(4-2-23)25-5-7-26(8-6-25)31(21-40-22-31)36-13-11-35(12-14-36)28-19-39-20-28/h1-8,27-28H,9-17,19-22,33H2,(H,34,37)/t27-/m1/s1. The fourth-order valence-corrected chi connectivity index (χ4v) is 6.21. The maximum Gasteiger partial charge on any atom is 0.241 e. The minimum atomic E-state index is -0.965. The zero-order valence-corrected chi connectivity index (χ0v) is 23.0. The van der Waals surface area contributed by atoms with Gasteiger partial charge in [-0.05, 0) is 35.1 Å². The number of benzene rings is 2. The second kappa shape index (κ2) is 11.6. The third-order valence-electron chi connectivity index (χ3n) is 9.19. The summed E-state index contributed by atoms with van der Waals surface area (Å²) in [7, 11) is 0. The van der Waals surface area contributed by atoms with Gasteiger partial charge >= 0.3 is 0 Å². The number of carbonyl (C=O) groups is 1. The van der Waals surface area contributed by atoms with Crippen molar-refractivity contribution in [2.45, 2.75) is 42.4 Å². The van der Waals surface area contributed by atoms with Gasteiger partial charge in [-0.2, -0.15) is 5.26 Å². The number of piperazine rings is 1. The molecule has 40 heavy (non-hydrogen) atoms. The van der Waals surface area contributed by atoms with E-state index in [4.69, 9.17) is 19.9 Å². The Hall–Kier alpha value is -2.84. The molecule has 9 heteroatoms. The van der Waals surface area contributed by atoms with Crippen molar-refractivity contribution >= 4 is 5.91 Å². The number of ether oxygens (including phenoxy) is 3. The van der Waals surface area contributed by atoms with E-state index in [0.717, 1.165) is 69.3 Å². The zero-order chi connectivity index (χ0) is 27.6. The van der Waals surface area contributed by atoms with Crippen LogP contribution in [0.1, 0.15) is 24.0 Å². The van der Waals surface area contributed by atoms with Gasteiger partial charge < -0.3 is 25.3 Å². The quantitative estimate of drug-likeness (QED) is 0.515. The lowest BCUT2D eigenvalue weighted by molar-refractivity contribution is -0.164. The molecule has 4 fully saturated rings. The molecule has 3 N–H and O–H groups in total. The zero-order valence-electron chi connectivity index (χ0n) is 23.0. The summed E-state index contributed by atoms with van der Waals surface area (Å²) in [5.74, 6) is -0.275. The van der Waals surface area contributed by atoms with Gasteiger partial charge in [-0.15, -0.1) is 0 Å². The summed E-state index contributed by atoms with van der Waals surface area (Å²) in [6, 6.07) is 19.3. The number of amides is 1. The Morgan fingerprint density at radius 1 is 0.950 bits per heavy atom. The van der Waals surface area contributed by atoms with Crippen molar-refractivity contribution in [3.05, 3.63) is 59.7 Å². The fourth-order valence-electron chi connectivity index (χ4n) is 6.21. The van der Waals surface area contributed by atoms with Crippen LogP contribution in [0.4, 0.5) is 0 Å². The van der Waals surface area contributed by atoms with Gasteiger partial charge in [-0.1, -0.05) is 48.5 Å². The lowest BCUT2D eigenvalue weighted by Crippen LogP contribution is -2.65. The molecular formula is C31H39N5O4. The molecule has 4 saturated heterocycles. The molecule has 1 atom stereocenters. The Labute approximate surface area is 236 Å². The molecule has 0 aromatic heterocycles. The Balaban J connectivity index is 1.07. The van der Waals surface area contributed by atoms with E-state index >= 15 is 0 Å². The largest absolute Gasteiger partial charge is 0.381 e. The van der Waals surface area contributed by atoms with Gasteiger partial charge in [0.2, 0.25) is 5.91 Å². The number of nitrogens with one attached hydrogen (secondary N) is 1. The summed E-state index contributed by atoms with van der Waals surface area (Å²) >= 11 is 0. The van der Waals surface area contributed by atoms with Crippen LogP contribution in [0.3, 0.4) is 0 Å². The summed E-state index contributed by atoms with van der Waals surface area (Å²) in [6.07, 6.45) is 1.36. The van der Waals surface area contributed by atoms with Crippen LogP contribution in [0.2, 0.25) is 0 Å². The highest BCUT2D eigenvalue weighted by Crippen LogP contribution is 2.38.